The molecule has 0 amide bonds. The van der Waals surface area contributed by atoms with Gasteiger partial charge >= 0.3 is 6.18 Å². The van der Waals surface area contributed by atoms with Gasteiger partial charge in [0, 0.05) is 25.3 Å². The molecule has 2 aromatic rings. The summed E-state index contributed by atoms with van der Waals surface area (Å²) in [5.74, 6) is 0.324. The van der Waals surface area contributed by atoms with Crippen LogP contribution in [0.2, 0.25) is 0 Å². The Kier molecular flexibility index (Phi) is 3.62. The Hall–Kier alpha value is -1.96. The van der Waals surface area contributed by atoms with Crippen molar-refractivity contribution in [2.45, 2.75) is 24.9 Å². The molecule has 1 aliphatic heterocycles. The number of alkyl halides is 3. The van der Waals surface area contributed by atoms with E-state index in [-0.39, 0.29) is 17.4 Å². The number of aromatic nitrogens is 3. The second kappa shape index (κ2) is 5.44. The Labute approximate surface area is 118 Å². The molecule has 0 aliphatic carbocycles. The van der Waals surface area contributed by atoms with E-state index in [0.29, 0.717) is 19.0 Å². The van der Waals surface area contributed by atoms with E-state index in [9.17, 15) is 13.2 Å². The highest BCUT2D eigenvalue weighted by Crippen LogP contribution is 2.35. The van der Waals surface area contributed by atoms with Gasteiger partial charge in [0.1, 0.15) is 0 Å². The van der Waals surface area contributed by atoms with E-state index in [1.54, 1.807) is 0 Å². The van der Waals surface area contributed by atoms with Crippen LogP contribution in [0.25, 0.3) is 11.5 Å². The van der Waals surface area contributed by atoms with E-state index in [0.717, 1.165) is 19.0 Å². The first-order chi connectivity index (χ1) is 10.1. The second-order valence-corrected chi connectivity index (χ2v) is 4.74. The van der Waals surface area contributed by atoms with Gasteiger partial charge in [-0.3, -0.25) is 4.98 Å². The SMILES string of the molecule is FC(F)(F)c1ncccc1-c1nc(C2CCOCC2)no1. The fourth-order valence-electron chi connectivity index (χ4n) is 2.27. The maximum atomic E-state index is 12.9. The van der Waals surface area contributed by atoms with Crippen LogP contribution in [0.3, 0.4) is 0 Å². The minimum Gasteiger partial charge on any atom is -0.381 e. The van der Waals surface area contributed by atoms with Crippen LogP contribution in [0.1, 0.15) is 30.3 Å². The van der Waals surface area contributed by atoms with E-state index in [1.165, 1.54) is 12.1 Å². The van der Waals surface area contributed by atoms with Crippen molar-refractivity contribution in [1.82, 2.24) is 15.1 Å². The van der Waals surface area contributed by atoms with Crippen molar-refractivity contribution in [1.29, 1.82) is 0 Å². The summed E-state index contributed by atoms with van der Waals surface area (Å²) in [5, 5.41) is 3.80. The molecule has 1 aliphatic rings. The number of nitrogens with zero attached hydrogens (tertiary/aromatic N) is 3. The molecule has 0 unspecified atom stereocenters. The molecule has 0 aromatic carbocycles. The van der Waals surface area contributed by atoms with Gasteiger partial charge in [0.05, 0.1) is 5.56 Å². The van der Waals surface area contributed by atoms with Crippen molar-refractivity contribution < 1.29 is 22.4 Å². The number of hydrogen-bond acceptors (Lipinski definition) is 5. The lowest BCUT2D eigenvalue weighted by Crippen LogP contribution is -2.15. The Morgan fingerprint density at radius 1 is 1.19 bits per heavy atom. The zero-order valence-electron chi connectivity index (χ0n) is 10.9. The molecule has 1 saturated heterocycles. The third kappa shape index (κ3) is 2.90. The molecule has 1 fully saturated rings. The second-order valence-electron chi connectivity index (χ2n) is 4.74. The zero-order valence-corrected chi connectivity index (χ0v) is 10.9. The van der Waals surface area contributed by atoms with Gasteiger partial charge < -0.3 is 9.26 Å². The predicted octanol–water partition coefficient (Wildman–Crippen LogP) is 3.04. The zero-order chi connectivity index (χ0) is 14.9. The van der Waals surface area contributed by atoms with E-state index in [1.807, 2.05) is 0 Å². The van der Waals surface area contributed by atoms with Gasteiger partial charge in [0.15, 0.2) is 11.5 Å². The maximum absolute atomic E-state index is 12.9. The molecule has 0 radical (unpaired) electrons. The topological polar surface area (TPSA) is 61.0 Å². The smallest absolute Gasteiger partial charge is 0.381 e. The maximum Gasteiger partial charge on any atom is 0.434 e. The molecule has 0 bridgehead atoms. The Bertz CT molecular complexity index is 621. The normalized spacial score (nSPS) is 17.1. The number of halogens is 3. The van der Waals surface area contributed by atoms with Crippen LogP contribution in [0, 0.1) is 0 Å². The van der Waals surface area contributed by atoms with Crippen molar-refractivity contribution in [3.8, 4) is 11.5 Å². The quantitative estimate of drug-likeness (QED) is 0.853. The summed E-state index contributed by atoms with van der Waals surface area (Å²) in [7, 11) is 0. The Morgan fingerprint density at radius 3 is 2.67 bits per heavy atom. The van der Waals surface area contributed by atoms with Crippen molar-refractivity contribution in [3.63, 3.8) is 0 Å². The lowest BCUT2D eigenvalue weighted by Gasteiger charge is -2.18. The van der Waals surface area contributed by atoms with Crippen LogP contribution in [0.5, 0.6) is 0 Å². The van der Waals surface area contributed by atoms with Gasteiger partial charge in [0.25, 0.3) is 5.89 Å². The number of pyridine rings is 1. The molecule has 5 nitrogen and oxygen atoms in total. The summed E-state index contributed by atoms with van der Waals surface area (Å²) in [5.41, 5.74) is -1.22. The predicted molar refractivity (Wildman–Crippen MR) is 65.3 cm³/mol. The van der Waals surface area contributed by atoms with Crippen molar-refractivity contribution >= 4 is 0 Å². The molecule has 0 saturated carbocycles. The summed E-state index contributed by atoms with van der Waals surface area (Å²) in [6, 6.07) is 2.68. The number of rotatable bonds is 2. The monoisotopic (exact) mass is 299 g/mol. The molecule has 8 heteroatoms. The summed E-state index contributed by atoms with van der Waals surface area (Å²) < 4.78 is 49.0. The fraction of sp³-hybridized carbons (Fsp3) is 0.462. The van der Waals surface area contributed by atoms with Gasteiger partial charge in [-0.05, 0) is 25.0 Å². The fourth-order valence-corrected chi connectivity index (χ4v) is 2.27. The first-order valence-electron chi connectivity index (χ1n) is 6.49. The van der Waals surface area contributed by atoms with Crippen molar-refractivity contribution in [3.05, 3.63) is 29.8 Å². The van der Waals surface area contributed by atoms with Gasteiger partial charge in [0.2, 0.25) is 0 Å². The van der Waals surface area contributed by atoms with E-state index < -0.39 is 11.9 Å². The Balaban J connectivity index is 1.93. The minimum atomic E-state index is -4.57. The van der Waals surface area contributed by atoms with Gasteiger partial charge in [-0.25, -0.2) is 0 Å². The summed E-state index contributed by atoms with van der Waals surface area (Å²) in [4.78, 5) is 7.48. The van der Waals surface area contributed by atoms with Crippen LogP contribution >= 0.6 is 0 Å². The highest BCUT2D eigenvalue weighted by Gasteiger charge is 2.37. The van der Waals surface area contributed by atoms with Gasteiger partial charge in [-0.15, -0.1) is 0 Å². The molecular formula is C13H12F3N3O2. The molecule has 3 rings (SSSR count). The molecule has 112 valence electrons. The Morgan fingerprint density at radius 2 is 1.95 bits per heavy atom. The molecule has 0 N–H and O–H groups in total. The lowest BCUT2D eigenvalue weighted by molar-refractivity contribution is -0.140. The molecule has 3 heterocycles. The third-order valence-electron chi connectivity index (χ3n) is 3.33. The third-order valence-corrected chi connectivity index (χ3v) is 3.33. The molecule has 0 spiro atoms. The summed E-state index contributed by atoms with van der Waals surface area (Å²) in [6.45, 7) is 1.18. The van der Waals surface area contributed by atoms with Gasteiger partial charge in [-0.2, -0.15) is 18.2 Å². The number of ether oxygens (including phenoxy) is 1. The number of hydrogen-bond donors (Lipinski definition) is 0. The molecule has 21 heavy (non-hydrogen) atoms. The van der Waals surface area contributed by atoms with E-state index in [4.69, 9.17) is 9.26 Å². The largest absolute Gasteiger partial charge is 0.434 e. The van der Waals surface area contributed by atoms with Crippen molar-refractivity contribution in [2.24, 2.45) is 0 Å². The molecule has 2 aromatic heterocycles. The van der Waals surface area contributed by atoms with E-state index in [2.05, 4.69) is 15.1 Å². The lowest BCUT2D eigenvalue weighted by atomic mass is 10.00. The first kappa shape index (κ1) is 14.0. The van der Waals surface area contributed by atoms with Crippen molar-refractivity contribution in [2.75, 3.05) is 13.2 Å². The van der Waals surface area contributed by atoms with Crippen LogP contribution in [0.4, 0.5) is 13.2 Å². The summed E-state index contributed by atoms with van der Waals surface area (Å²) >= 11 is 0. The standard InChI is InChI=1S/C13H12F3N3O2/c14-13(15,16)10-9(2-1-5-17-10)12-18-11(19-21-12)8-3-6-20-7-4-8/h1-2,5,8H,3-4,6-7H2. The van der Waals surface area contributed by atoms with Crippen LogP contribution in [-0.4, -0.2) is 28.3 Å². The van der Waals surface area contributed by atoms with Gasteiger partial charge in [-0.1, -0.05) is 5.16 Å². The average Bonchev–Trinajstić information content (AvgIpc) is 2.97. The van der Waals surface area contributed by atoms with E-state index >= 15 is 0 Å². The van der Waals surface area contributed by atoms with Crippen LogP contribution in [0.15, 0.2) is 22.9 Å². The average molecular weight is 299 g/mol. The highest BCUT2D eigenvalue weighted by molar-refractivity contribution is 5.56. The molecule has 0 atom stereocenters. The van der Waals surface area contributed by atoms with Crippen LogP contribution in [-0.2, 0) is 10.9 Å². The summed E-state index contributed by atoms with van der Waals surface area (Å²) in [6.07, 6.45) is -2.01. The highest BCUT2D eigenvalue weighted by atomic mass is 19.4. The van der Waals surface area contributed by atoms with Crippen LogP contribution < -0.4 is 0 Å². The minimum absolute atomic E-state index is 0.0576. The molecular weight excluding hydrogens is 287 g/mol. The first-order valence-corrected chi connectivity index (χ1v) is 6.49.